The summed E-state index contributed by atoms with van der Waals surface area (Å²) >= 11 is 1.49. The molecule has 0 saturated carbocycles. The second-order valence-corrected chi connectivity index (χ2v) is 5.01. The smallest absolute Gasteiger partial charge is 0.140 e. The van der Waals surface area contributed by atoms with E-state index in [1.807, 2.05) is 6.92 Å². The summed E-state index contributed by atoms with van der Waals surface area (Å²) in [7, 11) is 0. The predicted octanol–water partition coefficient (Wildman–Crippen LogP) is 3.50. The van der Waals surface area contributed by atoms with E-state index in [9.17, 15) is 8.78 Å². The lowest BCUT2D eigenvalue weighted by molar-refractivity contribution is 0.490. The van der Waals surface area contributed by atoms with Crippen LogP contribution in [0.3, 0.4) is 0 Å². The zero-order chi connectivity index (χ0) is 11.5. The molecular weight excluding hydrogens is 228 g/mol. The Morgan fingerprint density at radius 3 is 3.00 bits per heavy atom. The van der Waals surface area contributed by atoms with Crippen LogP contribution in [-0.4, -0.2) is 12.3 Å². The number of hydrogen-bond donors (Lipinski definition) is 1. The summed E-state index contributed by atoms with van der Waals surface area (Å²) in [6.07, 6.45) is 1.97. The maximum Gasteiger partial charge on any atom is 0.140 e. The molecule has 1 aromatic carbocycles. The van der Waals surface area contributed by atoms with Gasteiger partial charge in [-0.3, -0.25) is 0 Å². The molecule has 1 aliphatic heterocycles. The van der Waals surface area contributed by atoms with Crippen LogP contribution in [0.2, 0.25) is 0 Å². The van der Waals surface area contributed by atoms with E-state index >= 15 is 0 Å². The molecule has 88 valence electrons. The molecule has 0 radical (unpaired) electrons. The SMILES string of the molecule is CCNC1CCCSc2c(F)cc(F)cc21. The number of nitrogens with one attached hydrogen (secondary N) is 1. The summed E-state index contributed by atoms with van der Waals surface area (Å²) < 4.78 is 26.9. The number of thioether (sulfide) groups is 1. The molecule has 4 heteroatoms. The van der Waals surface area contributed by atoms with Crippen molar-refractivity contribution in [2.75, 3.05) is 12.3 Å². The fourth-order valence-electron chi connectivity index (χ4n) is 2.07. The molecule has 0 aromatic heterocycles. The minimum Gasteiger partial charge on any atom is -0.310 e. The number of rotatable bonds is 2. The van der Waals surface area contributed by atoms with Crippen molar-refractivity contribution in [1.82, 2.24) is 5.32 Å². The van der Waals surface area contributed by atoms with Crippen molar-refractivity contribution >= 4 is 11.8 Å². The fraction of sp³-hybridized carbons (Fsp3) is 0.500. The van der Waals surface area contributed by atoms with Crippen LogP contribution in [0.5, 0.6) is 0 Å². The van der Waals surface area contributed by atoms with Gasteiger partial charge in [-0.15, -0.1) is 11.8 Å². The molecule has 1 aliphatic rings. The molecule has 0 bridgehead atoms. The first kappa shape index (κ1) is 11.9. The van der Waals surface area contributed by atoms with Crippen molar-refractivity contribution in [2.24, 2.45) is 0 Å². The fourth-order valence-corrected chi connectivity index (χ4v) is 3.15. The molecule has 1 heterocycles. The molecule has 0 amide bonds. The Labute approximate surface area is 98.6 Å². The van der Waals surface area contributed by atoms with Crippen LogP contribution in [0.4, 0.5) is 8.78 Å². The highest BCUT2D eigenvalue weighted by Crippen LogP contribution is 2.36. The van der Waals surface area contributed by atoms with Crippen molar-refractivity contribution in [2.45, 2.75) is 30.7 Å². The van der Waals surface area contributed by atoms with Crippen LogP contribution in [0.1, 0.15) is 31.4 Å². The van der Waals surface area contributed by atoms with E-state index in [2.05, 4.69) is 5.32 Å². The van der Waals surface area contributed by atoms with E-state index in [0.717, 1.165) is 36.8 Å². The zero-order valence-electron chi connectivity index (χ0n) is 9.22. The van der Waals surface area contributed by atoms with Gasteiger partial charge < -0.3 is 5.32 Å². The van der Waals surface area contributed by atoms with E-state index in [1.165, 1.54) is 17.8 Å². The maximum absolute atomic E-state index is 13.6. The lowest BCUT2D eigenvalue weighted by atomic mass is 10.0. The average Bonchev–Trinajstić information content (AvgIpc) is 2.42. The summed E-state index contributed by atoms with van der Waals surface area (Å²) in [4.78, 5) is 0.616. The predicted molar refractivity (Wildman–Crippen MR) is 62.7 cm³/mol. The largest absolute Gasteiger partial charge is 0.310 e. The molecule has 1 N–H and O–H groups in total. The van der Waals surface area contributed by atoms with Crippen LogP contribution in [-0.2, 0) is 0 Å². The van der Waals surface area contributed by atoms with Gasteiger partial charge in [-0.25, -0.2) is 8.78 Å². The highest BCUT2D eigenvalue weighted by Gasteiger charge is 2.22. The van der Waals surface area contributed by atoms with Gasteiger partial charge in [-0.05, 0) is 36.8 Å². The molecule has 0 fully saturated rings. The zero-order valence-corrected chi connectivity index (χ0v) is 10.0. The normalized spacial score (nSPS) is 20.3. The van der Waals surface area contributed by atoms with E-state index in [4.69, 9.17) is 0 Å². The van der Waals surface area contributed by atoms with Crippen molar-refractivity contribution in [1.29, 1.82) is 0 Å². The molecule has 1 nitrogen and oxygen atoms in total. The van der Waals surface area contributed by atoms with Gasteiger partial charge in [0.2, 0.25) is 0 Å². The lowest BCUT2D eigenvalue weighted by Gasteiger charge is -2.18. The molecular formula is C12H15F2NS. The van der Waals surface area contributed by atoms with E-state index in [1.54, 1.807) is 0 Å². The Morgan fingerprint density at radius 2 is 2.25 bits per heavy atom. The first-order chi connectivity index (χ1) is 7.72. The van der Waals surface area contributed by atoms with Crippen molar-refractivity contribution < 1.29 is 8.78 Å². The standard InChI is InChI=1S/C12H15F2NS/c1-2-15-11-4-3-5-16-12-9(11)6-8(13)7-10(12)14/h6-7,11,15H,2-5H2,1H3. The second-order valence-electron chi connectivity index (χ2n) is 3.91. The molecule has 0 aliphatic carbocycles. The first-order valence-electron chi connectivity index (χ1n) is 5.57. The van der Waals surface area contributed by atoms with Gasteiger partial charge in [0, 0.05) is 17.0 Å². The van der Waals surface area contributed by atoms with Gasteiger partial charge >= 0.3 is 0 Å². The van der Waals surface area contributed by atoms with Gasteiger partial charge in [0.05, 0.1) is 0 Å². The third-order valence-electron chi connectivity index (χ3n) is 2.75. The van der Waals surface area contributed by atoms with E-state index in [-0.39, 0.29) is 6.04 Å². The minimum absolute atomic E-state index is 0.0835. The summed E-state index contributed by atoms with van der Waals surface area (Å²) in [5, 5.41) is 3.29. The summed E-state index contributed by atoms with van der Waals surface area (Å²) in [5.41, 5.74) is 0.779. The minimum atomic E-state index is -0.485. The van der Waals surface area contributed by atoms with Crippen LogP contribution in [0.25, 0.3) is 0 Å². The first-order valence-corrected chi connectivity index (χ1v) is 6.56. The lowest BCUT2D eigenvalue weighted by Crippen LogP contribution is -2.21. The van der Waals surface area contributed by atoms with Crippen molar-refractivity contribution in [3.63, 3.8) is 0 Å². The van der Waals surface area contributed by atoms with E-state index < -0.39 is 11.6 Å². The van der Waals surface area contributed by atoms with Crippen LogP contribution >= 0.6 is 11.8 Å². The Morgan fingerprint density at radius 1 is 1.44 bits per heavy atom. The number of halogens is 2. The molecule has 2 rings (SSSR count). The van der Waals surface area contributed by atoms with Gasteiger partial charge in [0.25, 0.3) is 0 Å². The summed E-state index contributed by atoms with van der Waals surface area (Å²) in [6.45, 7) is 2.82. The van der Waals surface area contributed by atoms with Crippen LogP contribution < -0.4 is 5.32 Å². The second kappa shape index (κ2) is 5.15. The van der Waals surface area contributed by atoms with Gasteiger partial charge in [-0.2, -0.15) is 0 Å². The molecule has 1 unspecified atom stereocenters. The van der Waals surface area contributed by atoms with Gasteiger partial charge in [0.15, 0.2) is 0 Å². The molecule has 1 aromatic rings. The van der Waals surface area contributed by atoms with E-state index in [0.29, 0.717) is 4.90 Å². The monoisotopic (exact) mass is 243 g/mol. The summed E-state index contributed by atoms with van der Waals surface area (Å²) in [5.74, 6) is -0.0104. The topological polar surface area (TPSA) is 12.0 Å². The average molecular weight is 243 g/mol. The number of hydrogen-bond acceptors (Lipinski definition) is 2. The van der Waals surface area contributed by atoms with Gasteiger partial charge in [0.1, 0.15) is 11.6 Å². The van der Waals surface area contributed by atoms with Crippen molar-refractivity contribution in [3.8, 4) is 0 Å². The Balaban J connectivity index is 2.43. The highest BCUT2D eigenvalue weighted by atomic mass is 32.2. The number of benzene rings is 1. The number of fused-ring (bicyclic) bond motifs is 1. The Kier molecular flexibility index (Phi) is 3.82. The van der Waals surface area contributed by atoms with Gasteiger partial charge in [-0.1, -0.05) is 6.92 Å². The van der Waals surface area contributed by atoms with Crippen LogP contribution in [0, 0.1) is 11.6 Å². The molecule has 0 spiro atoms. The highest BCUT2D eigenvalue weighted by molar-refractivity contribution is 7.99. The van der Waals surface area contributed by atoms with Crippen LogP contribution in [0.15, 0.2) is 17.0 Å². The molecule has 1 atom stereocenters. The molecule has 0 saturated heterocycles. The van der Waals surface area contributed by atoms with Crippen molar-refractivity contribution in [3.05, 3.63) is 29.3 Å². The Hall–Kier alpha value is -0.610. The quantitative estimate of drug-likeness (QED) is 0.853. The molecule has 16 heavy (non-hydrogen) atoms. The third kappa shape index (κ3) is 2.38. The Bertz CT molecular complexity index is 382. The maximum atomic E-state index is 13.6. The summed E-state index contributed by atoms with van der Waals surface area (Å²) in [6, 6.07) is 2.52. The third-order valence-corrected chi connectivity index (χ3v) is 3.96.